The zero-order chi connectivity index (χ0) is 24.8. The maximum atomic E-state index is 11.1. The van der Waals surface area contributed by atoms with Gasteiger partial charge in [0.1, 0.15) is 30.8 Å². The van der Waals surface area contributed by atoms with Crippen LogP contribution in [0.15, 0.2) is 22.7 Å². The number of aliphatic hydroxyl groups excluding tert-OH is 2. The zero-order valence-corrected chi connectivity index (χ0v) is 19.8. The Morgan fingerprint density at radius 3 is 2.47 bits per heavy atom. The third-order valence-corrected chi connectivity index (χ3v) is 4.64. The van der Waals surface area contributed by atoms with E-state index in [0.717, 1.165) is 16.7 Å². The van der Waals surface area contributed by atoms with E-state index in [4.69, 9.17) is 19.1 Å². The van der Waals surface area contributed by atoms with Crippen LogP contribution in [-0.4, -0.2) is 68.2 Å². The molecule has 0 aliphatic heterocycles. The highest BCUT2D eigenvalue weighted by Gasteiger charge is 2.17. The fourth-order valence-corrected chi connectivity index (χ4v) is 3.19. The molecule has 34 heavy (non-hydrogen) atoms. The average Bonchev–Trinajstić information content (AvgIpc) is 3.26. The standard InChI is InChI=1S/C23H29N5O6/c1-12(2)33-23-25-15(5)8-18(26-23)22-27-21(28-34-22)16-6-13(3)20(14(4)7-16)32-11-17(30)9-24-19(31)10-29/h6-8,12,17,29-30H,9-11H2,1-5H3,(H,24,31). The summed E-state index contributed by atoms with van der Waals surface area (Å²) in [6.07, 6.45) is -0.991. The summed E-state index contributed by atoms with van der Waals surface area (Å²) < 4.78 is 16.8. The fourth-order valence-electron chi connectivity index (χ4n) is 3.19. The van der Waals surface area contributed by atoms with Crippen LogP contribution < -0.4 is 14.8 Å². The van der Waals surface area contributed by atoms with Gasteiger partial charge in [0.15, 0.2) is 0 Å². The molecule has 3 rings (SSSR count). The van der Waals surface area contributed by atoms with Crippen molar-refractivity contribution in [2.24, 2.45) is 0 Å². The minimum Gasteiger partial charge on any atom is -0.490 e. The van der Waals surface area contributed by atoms with Gasteiger partial charge in [-0.3, -0.25) is 4.79 Å². The molecule has 1 atom stereocenters. The Balaban J connectivity index is 1.75. The van der Waals surface area contributed by atoms with Gasteiger partial charge in [0.05, 0.1) is 6.10 Å². The average molecular weight is 472 g/mol. The summed E-state index contributed by atoms with van der Waals surface area (Å²) in [5.41, 5.74) is 3.55. The second-order valence-corrected chi connectivity index (χ2v) is 8.13. The Morgan fingerprint density at radius 1 is 1.12 bits per heavy atom. The summed E-state index contributed by atoms with van der Waals surface area (Å²) in [4.78, 5) is 24.2. The highest BCUT2D eigenvalue weighted by atomic mass is 16.5. The van der Waals surface area contributed by atoms with E-state index < -0.39 is 18.6 Å². The molecule has 0 spiro atoms. The molecular formula is C23H29N5O6. The van der Waals surface area contributed by atoms with Crippen LogP contribution in [-0.2, 0) is 4.79 Å². The normalized spacial score (nSPS) is 12.0. The van der Waals surface area contributed by atoms with Crippen molar-refractivity contribution in [2.75, 3.05) is 19.8 Å². The summed E-state index contributed by atoms with van der Waals surface area (Å²) in [7, 11) is 0. The van der Waals surface area contributed by atoms with Gasteiger partial charge in [-0.05, 0) is 63.9 Å². The van der Waals surface area contributed by atoms with Gasteiger partial charge < -0.3 is 29.5 Å². The van der Waals surface area contributed by atoms with Crippen molar-refractivity contribution in [2.45, 2.75) is 46.8 Å². The Hall–Kier alpha value is -3.57. The van der Waals surface area contributed by atoms with Crippen LogP contribution in [0.4, 0.5) is 0 Å². The summed E-state index contributed by atoms with van der Waals surface area (Å²) in [5, 5.41) is 25.2. The number of rotatable bonds is 10. The van der Waals surface area contributed by atoms with E-state index in [0.29, 0.717) is 23.0 Å². The van der Waals surface area contributed by atoms with Crippen LogP contribution in [0.1, 0.15) is 30.7 Å². The number of hydrogen-bond donors (Lipinski definition) is 3. The van der Waals surface area contributed by atoms with Crippen LogP contribution in [0.5, 0.6) is 11.8 Å². The van der Waals surface area contributed by atoms with Crippen LogP contribution in [0, 0.1) is 20.8 Å². The molecule has 0 aliphatic carbocycles. The Morgan fingerprint density at radius 2 is 1.82 bits per heavy atom. The third-order valence-electron chi connectivity index (χ3n) is 4.64. The molecule has 1 unspecified atom stereocenters. The first-order valence-electron chi connectivity index (χ1n) is 10.8. The lowest BCUT2D eigenvalue weighted by Gasteiger charge is -2.16. The van der Waals surface area contributed by atoms with Crippen LogP contribution >= 0.6 is 0 Å². The van der Waals surface area contributed by atoms with Gasteiger partial charge in [-0.25, -0.2) is 4.98 Å². The molecule has 11 heteroatoms. The summed E-state index contributed by atoms with van der Waals surface area (Å²) in [5.74, 6) is 0.692. The van der Waals surface area contributed by atoms with E-state index >= 15 is 0 Å². The molecule has 0 radical (unpaired) electrons. The molecule has 182 valence electrons. The predicted molar refractivity (Wildman–Crippen MR) is 122 cm³/mol. The highest BCUT2D eigenvalue weighted by Crippen LogP contribution is 2.30. The van der Waals surface area contributed by atoms with E-state index in [1.165, 1.54) is 0 Å². The minimum atomic E-state index is -0.922. The molecule has 0 aliphatic rings. The maximum absolute atomic E-state index is 11.1. The van der Waals surface area contributed by atoms with Crippen molar-refractivity contribution < 1.29 is 29.0 Å². The van der Waals surface area contributed by atoms with Crippen LogP contribution in [0.3, 0.4) is 0 Å². The van der Waals surface area contributed by atoms with E-state index in [9.17, 15) is 9.90 Å². The lowest BCUT2D eigenvalue weighted by Crippen LogP contribution is -2.36. The lowest BCUT2D eigenvalue weighted by atomic mass is 10.1. The molecule has 0 saturated heterocycles. The smallest absolute Gasteiger partial charge is 0.317 e. The quantitative estimate of drug-likeness (QED) is 0.398. The van der Waals surface area contributed by atoms with Crippen molar-refractivity contribution in [3.8, 4) is 34.7 Å². The summed E-state index contributed by atoms with van der Waals surface area (Å²) in [6, 6.07) is 5.70. The fraction of sp³-hybridized carbons (Fsp3) is 0.435. The number of nitrogens with one attached hydrogen (secondary N) is 1. The van der Waals surface area contributed by atoms with Crippen molar-refractivity contribution in [3.63, 3.8) is 0 Å². The van der Waals surface area contributed by atoms with E-state index in [1.54, 1.807) is 6.07 Å². The van der Waals surface area contributed by atoms with E-state index in [2.05, 4.69) is 25.4 Å². The lowest BCUT2D eigenvalue weighted by molar-refractivity contribution is -0.124. The largest absolute Gasteiger partial charge is 0.490 e. The van der Waals surface area contributed by atoms with Gasteiger partial charge in [-0.15, -0.1) is 0 Å². The number of aryl methyl sites for hydroxylation is 3. The zero-order valence-electron chi connectivity index (χ0n) is 19.8. The topological polar surface area (TPSA) is 153 Å². The van der Waals surface area contributed by atoms with Crippen LogP contribution in [0.25, 0.3) is 23.0 Å². The predicted octanol–water partition coefficient (Wildman–Crippen LogP) is 1.75. The first kappa shape index (κ1) is 25.1. The van der Waals surface area contributed by atoms with Gasteiger partial charge in [0, 0.05) is 17.8 Å². The minimum absolute atomic E-state index is 0.0202. The van der Waals surface area contributed by atoms with Crippen LogP contribution in [0.2, 0.25) is 0 Å². The molecule has 2 heterocycles. The molecule has 1 aromatic carbocycles. The SMILES string of the molecule is Cc1cc(-c2nc(-c3cc(C)c(OCC(O)CNC(=O)CO)c(C)c3)no2)nc(OC(C)C)n1. The molecule has 2 aromatic heterocycles. The number of carbonyl (C=O) groups excluding carboxylic acids is 1. The van der Waals surface area contributed by atoms with Crippen molar-refractivity contribution >= 4 is 5.91 Å². The first-order valence-corrected chi connectivity index (χ1v) is 10.8. The number of amides is 1. The van der Waals surface area contributed by atoms with Gasteiger partial charge in [0.25, 0.3) is 5.89 Å². The van der Waals surface area contributed by atoms with Crippen molar-refractivity contribution in [1.29, 1.82) is 0 Å². The number of aromatic nitrogens is 4. The number of aliphatic hydroxyl groups is 2. The molecule has 0 fully saturated rings. The third kappa shape index (κ3) is 6.49. The summed E-state index contributed by atoms with van der Waals surface area (Å²) in [6.45, 7) is 8.69. The highest BCUT2D eigenvalue weighted by molar-refractivity contribution is 5.76. The molecule has 0 saturated carbocycles. The number of ether oxygens (including phenoxy) is 2. The Kier molecular flexibility index (Phi) is 8.13. The molecule has 1 amide bonds. The second kappa shape index (κ2) is 11.0. The number of hydrogen-bond acceptors (Lipinski definition) is 10. The Labute approximate surface area is 197 Å². The molecule has 3 N–H and O–H groups in total. The maximum Gasteiger partial charge on any atom is 0.317 e. The Bertz CT molecular complexity index is 1120. The van der Waals surface area contributed by atoms with Crippen molar-refractivity contribution in [3.05, 3.63) is 35.0 Å². The van der Waals surface area contributed by atoms with Gasteiger partial charge in [-0.2, -0.15) is 9.97 Å². The number of benzene rings is 1. The molecule has 3 aromatic rings. The van der Waals surface area contributed by atoms with Gasteiger partial charge >= 0.3 is 6.01 Å². The molecular weight excluding hydrogens is 442 g/mol. The van der Waals surface area contributed by atoms with Gasteiger partial charge in [-0.1, -0.05) is 5.16 Å². The first-order chi connectivity index (χ1) is 16.2. The molecule has 0 bridgehead atoms. The van der Waals surface area contributed by atoms with E-state index in [-0.39, 0.29) is 31.2 Å². The van der Waals surface area contributed by atoms with Gasteiger partial charge in [0.2, 0.25) is 11.7 Å². The second-order valence-electron chi connectivity index (χ2n) is 8.13. The van der Waals surface area contributed by atoms with Crippen molar-refractivity contribution in [1.82, 2.24) is 25.4 Å². The molecule has 11 nitrogen and oxygen atoms in total. The van der Waals surface area contributed by atoms with E-state index in [1.807, 2.05) is 46.8 Å². The number of nitrogens with zero attached hydrogens (tertiary/aromatic N) is 4. The summed E-state index contributed by atoms with van der Waals surface area (Å²) >= 11 is 0. The number of carbonyl (C=O) groups is 1. The monoisotopic (exact) mass is 471 g/mol.